The van der Waals surface area contributed by atoms with Crippen LogP contribution in [-0.2, 0) is 31.0 Å². The molecule has 122 valence electrons. The van der Waals surface area contributed by atoms with E-state index in [9.17, 15) is 4.79 Å². The second-order valence-electron chi connectivity index (χ2n) is 6.56. The number of nitrogens with one attached hydrogen (secondary N) is 1. The lowest BCUT2D eigenvalue weighted by molar-refractivity contribution is -0.121. The van der Waals surface area contributed by atoms with Gasteiger partial charge in [0.05, 0.1) is 31.6 Å². The van der Waals surface area contributed by atoms with Crippen molar-refractivity contribution in [3.8, 4) is 0 Å². The van der Waals surface area contributed by atoms with Crippen LogP contribution in [0.4, 0.5) is 0 Å². The van der Waals surface area contributed by atoms with Crippen LogP contribution in [0.5, 0.6) is 0 Å². The molecule has 2 aliphatic rings. The van der Waals surface area contributed by atoms with E-state index in [1.54, 1.807) is 6.26 Å². The molecule has 23 heavy (non-hydrogen) atoms. The molecule has 4 rings (SSSR count). The maximum atomic E-state index is 11.8. The number of nitrogens with zero attached hydrogens (tertiary/aromatic N) is 3. The summed E-state index contributed by atoms with van der Waals surface area (Å²) in [6, 6.07) is 3.92. The molecule has 6 nitrogen and oxygen atoms in total. The number of carbonyl (C=O) groups excluding carboxylic acids is 1. The number of hydrogen-bond acceptors (Lipinski definition) is 4. The van der Waals surface area contributed by atoms with Gasteiger partial charge in [-0.15, -0.1) is 0 Å². The fourth-order valence-electron chi connectivity index (χ4n) is 3.05. The molecule has 6 heteroatoms. The Bertz CT molecular complexity index is 673. The fraction of sp³-hybridized carbons (Fsp3) is 0.529. The van der Waals surface area contributed by atoms with Crippen molar-refractivity contribution in [2.75, 3.05) is 6.54 Å². The van der Waals surface area contributed by atoms with Gasteiger partial charge in [-0.2, -0.15) is 0 Å². The first-order valence-corrected chi connectivity index (χ1v) is 8.32. The zero-order chi connectivity index (χ0) is 15.6. The lowest BCUT2D eigenvalue weighted by atomic mass is 10.3. The number of fused-ring (bicyclic) bond motifs is 1. The number of hydrogen-bond donors (Lipinski definition) is 1. The van der Waals surface area contributed by atoms with Crippen molar-refractivity contribution in [3.63, 3.8) is 0 Å². The van der Waals surface area contributed by atoms with Crippen LogP contribution < -0.4 is 5.32 Å². The summed E-state index contributed by atoms with van der Waals surface area (Å²) in [5.41, 5.74) is 0.948. The molecule has 1 aliphatic carbocycles. The molecule has 0 atom stereocenters. The predicted octanol–water partition coefficient (Wildman–Crippen LogP) is 1.91. The minimum absolute atomic E-state index is 0.151. The van der Waals surface area contributed by atoms with Crippen molar-refractivity contribution >= 4 is 5.91 Å². The van der Waals surface area contributed by atoms with Gasteiger partial charge in [0.25, 0.3) is 0 Å². The molecule has 0 bridgehead atoms. The largest absolute Gasteiger partial charge is 0.468 e. The maximum Gasteiger partial charge on any atom is 0.220 e. The van der Waals surface area contributed by atoms with Crippen LogP contribution in [0.3, 0.4) is 0 Å². The van der Waals surface area contributed by atoms with Gasteiger partial charge >= 0.3 is 0 Å². The average Bonchev–Trinajstić information content (AvgIpc) is 3.05. The lowest BCUT2D eigenvalue weighted by Gasteiger charge is -2.26. The van der Waals surface area contributed by atoms with Crippen molar-refractivity contribution in [1.82, 2.24) is 19.8 Å². The zero-order valence-corrected chi connectivity index (χ0v) is 13.2. The number of aromatic nitrogens is 2. The number of amides is 1. The van der Waals surface area contributed by atoms with E-state index in [1.165, 1.54) is 12.8 Å². The monoisotopic (exact) mass is 314 g/mol. The molecule has 1 amide bonds. The van der Waals surface area contributed by atoms with Gasteiger partial charge in [-0.1, -0.05) is 0 Å². The van der Waals surface area contributed by atoms with Crippen molar-refractivity contribution in [1.29, 1.82) is 0 Å². The Hall–Kier alpha value is -2.08. The third kappa shape index (κ3) is 3.64. The Labute approximate surface area is 135 Å². The molecule has 1 N–H and O–H groups in total. The Morgan fingerprint density at radius 3 is 3.09 bits per heavy atom. The quantitative estimate of drug-likeness (QED) is 0.884. The first kappa shape index (κ1) is 14.5. The first-order chi connectivity index (χ1) is 11.3. The van der Waals surface area contributed by atoms with E-state index >= 15 is 0 Å². The van der Waals surface area contributed by atoms with Crippen molar-refractivity contribution in [2.24, 2.45) is 5.92 Å². The molecule has 2 aromatic heterocycles. The van der Waals surface area contributed by atoms with Crippen LogP contribution in [0.15, 0.2) is 29.0 Å². The normalized spacial score (nSPS) is 17.9. The first-order valence-electron chi connectivity index (χ1n) is 8.32. The van der Waals surface area contributed by atoms with Crippen LogP contribution >= 0.6 is 0 Å². The van der Waals surface area contributed by atoms with Gasteiger partial charge in [-0.3, -0.25) is 9.69 Å². The average molecular weight is 314 g/mol. The summed E-state index contributed by atoms with van der Waals surface area (Å²) >= 11 is 0. The lowest BCUT2D eigenvalue weighted by Crippen LogP contribution is -2.33. The molecule has 0 unspecified atom stereocenters. The van der Waals surface area contributed by atoms with Crippen molar-refractivity contribution in [3.05, 3.63) is 41.9 Å². The van der Waals surface area contributed by atoms with Crippen LogP contribution in [0.25, 0.3) is 0 Å². The Balaban J connectivity index is 1.32. The van der Waals surface area contributed by atoms with Crippen LogP contribution in [0.1, 0.15) is 36.5 Å². The van der Waals surface area contributed by atoms with Gasteiger partial charge in [-0.05, 0) is 30.9 Å². The molecule has 1 aliphatic heterocycles. The summed E-state index contributed by atoms with van der Waals surface area (Å²) in [5.74, 6) is 2.82. The molecule has 0 spiro atoms. The Morgan fingerprint density at radius 1 is 1.39 bits per heavy atom. The highest BCUT2D eigenvalue weighted by Gasteiger charge is 2.24. The maximum absolute atomic E-state index is 11.8. The van der Waals surface area contributed by atoms with Crippen LogP contribution in [-0.4, -0.2) is 26.9 Å². The standard InChI is InChI=1S/C17H22N4O2/c22-17(8-13-3-4-13)18-9-14-10-21-6-5-20(12-16(21)19-14)11-15-2-1-7-23-15/h1-2,7,10,13H,3-6,8-9,11-12H2,(H,18,22). The highest BCUT2D eigenvalue weighted by atomic mass is 16.3. The summed E-state index contributed by atoms with van der Waals surface area (Å²) in [5, 5.41) is 2.98. The smallest absolute Gasteiger partial charge is 0.220 e. The van der Waals surface area contributed by atoms with Gasteiger partial charge < -0.3 is 14.3 Å². The van der Waals surface area contributed by atoms with Crippen LogP contribution in [0, 0.1) is 5.92 Å². The van der Waals surface area contributed by atoms with Gasteiger partial charge in [0.15, 0.2) is 0 Å². The second kappa shape index (κ2) is 6.20. The number of carbonyl (C=O) groups is 1. The van der Waals surface area contributed by atoms with Gasteiger partial charge in [0, 0.05) is 25.7 Å². The van der Waals surface area contributed by atoms with Gasteiger partial charge in [0.1, 0.15) is 11.6 Å². The third-order valence-electron chi connectivity index (χ3n) is 4.53. The molecule has 1 saturated carbocycles. The minimum atomic E-state index is 0.151. The zero-order valence-electron chi connectivity index (χ0n) is 13.2. The number of furan rings is 1. The molecule has 0 aromatic carbocycles. The highest BCUT2D eigenvalue weighted by molar-refractivity contribution is 5.76. The fourth-order valence-corrected chi connectivity index (χ4v) is 3.05. The SMILES string of the molecule is O=C(CC1CC1)NCc1cn2c(n1)CN(Cc1ccco1)CC2. The van der Waals surface area contributed by atoms with Gasteiger partial charge in [0.2, 0.25) is 5.91 Å². The Kier molecular flexibility index (Phi) is 3.91. The van der Waals surface area contributed by atoms with E-state index in [-0.39, 0.29) is 5.91 Å². The van der Waals surface area contributed by atoms with Crippen molar-refractivity contribution < 1.29 is 9.21 Å². The molecule has 1 fully saturated rings. The number of rotatable bonds is 6. The van der Waals surface area contributed by atoms with E-state index in [2.05, 4.69) is 26.0 Å². The molecule has 2 aromatic rings. The highest BCUT2D eigenvalue weighted by Crippen LogP contribution is 2.32. The van der Waals surface area contributed by atoms with Crippen LogP contribution in [0.2, 0.25) is 0 Å². The van der Waals surface area contributed by atoms with Gasteiger partial charge in [-0.25, -0.2) is 4.98 Å². The summed E-state index contributed by atoms with van der Waals surface area (Å²) in [4.78, 5) is 18.8. The molecule has 3 heterocycles. The molecule has 0 saturated heterocycles. The van der Waals surface area contributed by atoms with E-state index in [4.69, 9.17) is 4.42 Å². The minimum Gasteiger partial charge on any atom is -0.468 e. The molecular formula is C17H22N4O2. The van der Waals surface area contributed by atoms with E-state index in [0.29, 0.717) is 18.9 Å². The van der Waals surface area contributed by atoms with E-state index in [1.807, 2.05) is 12.1 Å². The topological polar surface area (TPSA) is 63.3 Å². The van der Waals surface area contributed by atoms with Crippen molar-refractivity contribution in [2.45, 2.75) is 45.4 Å². The third-order valence-corrected chi connectivity index (χ3v) is 4.53. The Morgan fingerprint density at radius 2 is 2.30 bits per heavy atom. The molecule has 0 radical (unpaired) electrons. The summed E-state index contributed by atoms with van der Waals surface area (Å²) < 4.78 is 7.61. The predicted molar refractivity (Wildman–Crippen MR) is 84.2 cm³/mol. The summed E-state index contributed by atoms with van der Waals surface area (Å²) in [6.07, 6.45) is 6.86. The van der Waals surface area contributed by atoms with E-state index < -0.39 is 0 Å². The molecular weight excluding hydrogens is 292 g/mol. The summed E-state index contributed by atoms with van der Waals surface area (Å²) in [6.45, 7) is 4.07. The van der Waals surface area contributed by atoms with E-state index in [0.717, 1.165) is 43.5 Å². The summed E-state index contributed by atoms with van der Waals surface area (Å²) in [7, 11) is 0. The second-order valence-corrected chi connectivity index (χ2v) is 6.56. The number of imidazole rings is 1.